The zero-order chi connectivity index (χ0) is 14.4. The van der Waals surface area contributed by atoms with Gasteiger partial charge in [-0.1, -0.05) is 23.9 Å². The van der Waals surface area contributed by atoms with Gasteiger partial charge in [-0.25, -0.2) is 4.98 Å². The van der Waals surface area contributed by atoms with Crippen LogP contribution in [-0.2, 0) is 4.79 Å². The maximum atomic E-state index is 12.0. The molecule has 2 rings (SSSR count). The Labute approximate surface area is 126 Å². The Morgan fingerprint density at radius 1 is 1.50 bits per heavy atom. The van der Waals surface area contributed by atoms with Gasteiger partial charge in [0.1, 0.15) is 0 Å². The number of fused-ring (bicyclic) bond motifs is 1. The van der Waals surface area contributed by atoms with Crippen molar-refractivity contribution in [2.75, 3.05) is 18.8 Å². The van der Waals surface area contributed by atoms with E-state index in [-0.39, 0.29) is 5.91 Å². The first-order chi connectivity index (χ1) is 9.74. The third-order valence-corrected chi connectivity index (χ3v) is 4.99. The molecule has 0 N–H and O–H groups in total. The fraction of sp³-hybridized carbons (Fsp3) is 0.357. The van der Waals surface area contributed by atoms with Crippen LogP contribution in [-0.4, -0.2) is 34.6 Å². The summed E-state index contributed by atoms with van der Waals surface area (Å²) in [6.07, 6.45) is 0.380. The topological polar surface area (TPSA) is 57.0 Å². The van der Waals surface area contributed by atoms with E-state index in [1.54, 1.807) is 16.2 Å². The largest absolute Gasteiger partial charge is 0.341 e. The summed E-state index contributed by atoms with van der Waals surface area (Å²) in [5.74, 6) is 0.436. The minimum Gasteiger partial charge on any atom is -0.341 e. The molecule has 6 heteroatoms. The lowest BCUT2D eigenvalue weighted by molar-refractivity contribution is -0.128. The summed E-state index contributed by atoms with van der Waals surface area (Å²) >= 11 is 3.07. The number of aromatic nitrogens is 1. The second-order valence-corrected chi connectivity index (χ2v) is 6.37. The highest BCUT2D eigenvalue weighted by molar-refractivity contribution is 8.01. The number of rotatable bonds is 6. The van der Waals surface area contributed by atoms with Crippen molar-refractivity contribution in [1.82, 2.24) is 9.88 Å². The molecule has 20 heavy (non-hydrogen) atoms. The van der Waals surface area contributed by atoms with Gasteiger partial charge in [0, 0.05) is 13.1 Å². The van der Waals surface area contributed by atoms with Gasteiger partial charge in [0.2, 0.25) is 5.91 Å². The number of nitrogens with zero attached hydrogens (tertiary/aromatic N) is 3. The average Bonchev–Trinajstić information content (AvgIpc) is 2.88. The average molecular weight is 305 g/mol. The Balaban J connectivity index is 1.93. The van der Waals surface area contributed by atoms with Crippen molar-refractivity contribution >= 4 is 39.2 Å². The van der Waals surface area contributed by atoms with Crippen molar-refractivity contribution in [3.8, 4) is 6.07 Å². The lowest BCUT2D eigenvalue weighted by Crippen LogP contribution is -2.32. The molecule has 0 radical (unpaired) electrons. The van der Waals surface area contributed by atoms with E-state index in [0.29, 0.717) is 25.3 Å². The van der Waals surface area contributed by atoms with Crippen molar-refractivity contribution in [3.05, 3.63) is 24.3 Å². The van der Waals surface area contributed by atoms with E-state index in [1.807, 2.05) is 31.2 Å². The summed E-state index contributed by atoms with van der Waals surface area (Å²) in [6.45, 7) is 3.07. The van der Waals surface area contributed by atoms with E-state index in [1.165, 1.54) is 11.8 Å². The van der Waals surface area contributed by atoms with Crippen LogP contribution in [0.15, 0.2) is 28.6 Å². The number of hydrogen-bond donors (Lipinski definition) is 0. The number of thioether (sulfide) groups is 1. The second-order valence-electron chi connectivity index (χ2n) is 4.12. The summed E-state index contributed by atoms with van der Waals surface area (Å²) in [5.41, 5.74) is 0.976. The summed E-state index contributed by atoms with van der Waals surface area (Å²) in [5, 5.41) is 8.58. The predicted octanol–water partition coefficient (Wildman–Crippen LogP) is 3.15. The number of para-hydroxylation sites is 1. The monoisotopic (exact) mass is 305 g/mol. The molecule has 0 aliphatic rings. The van der Waals surface area contributed by atoms with Crippen LogP contribution in [0.4, 0.5) is 0 Å². The van der Waals surface area contributed by atoms with Crippen molar-refractivity contribution in [1.29, 1.82) is 5.26 Å². The van der Waals surface area contributed by atoms with Crippen molar-refractivity contribution in [2.24, 2.45) is 0 Å². The van der Waals surface area contributed by atoms with Gasteiger partial charge in [-0.15, -0.1) is 11.3 Å². The first-order valence-corrected chi connectivity index (χ1v) is 8.18. The summed E-state index contributed by atoms with van der Waals surface area (Å²) in [7, 11) is 0. The van der Waals surface area contributed by atoms with Crippen LogP contribution < -0.4 is 0 Å². The van der Waals surface area contributed by atoms with Crippen LogP contribution in [0.1, 0.15) is 13.3 Å². The molecule has 0 aliphatic carbocycles. The van der Waals surface area contributed by atoms with Gasteiger partial charge in [-0.2, -0.15) is 5.26 Å². The van der Waals surface area contributed by atoms with Crippen LogP contribution in [0.2, 0.25) is 0 Å². The first kappa shape index (κ1) is 14.8. The van der Waals surface area contributed by atoms with Gasteiger partial charge >= 0.3 is 0 Å². The Hall–Kier alpha value is -1.58. The van der Waals surface area contributed by atoms with Gasteiger partial charge in [-0.05, 0) is 19.1 Å². The van der Waals surface area contributed by atoms with Gasteiger partial charge in [-0.3, -0.25) is 4.79 Å². The van der Waals surface area contributed by atoms with Gasteiger partial charge < -0.3 is 4.90 Å². The minimum absolute atomic E-state index is 0.0620. The van der Waals surface area contributed by atoms with Gasteiger partial charge in [0.15, 0.2) is 4.34 Å². The molecule has 0 fully saturated rings. The molecule has 0 aliphatic heterocycles. The SMILES string of the molecule is CCN(CCC#N)C(=O)CSc1nc2ccccc2s1. The van der Waals surface area contributed by atoms with Crippen molar-refractivity contribution in [2.45, 2.75) is 17.7 Å². The summed E-state index contributed by atoms with van der Waals surface area (Å²) in [4.78, 5) is 18.2. The van der Waals surface area contributed by atoms with Crippen LogP contribution in [0.3, 0.4) is 0 Å². The molecular formula is C14H15N3OS2. The minimum atomic E-state index is 0.0620. The Kier molecular flexibility index (Phi) is 5.39. The molecule has 0 bridgehead atoms. The molecule has 1 aromatic carbocycles. The normalized spacial score (nSPS) is 10.4. The maximum Gasteiger partial charge on any atom is 0.233 e. The Bertz CT molecular complexity index is 600. The molecule has 2 aromatic rings. The van der Waals surface area contributed by atoms with Crippen LogP contribution >= 0.6 is 23.1 Å². The van der Waals surface area contributed by atoms with E-state index in [0.717, 1.165) is 14.6 Å². The van der Waals surface area contributed by atoms with Crippen LogP contribution in [0, 0.1) is 11.3 Å². The number of nitriles is 1. The molecule has 0 saturated heterocycles. The van der Waals surface area contributed by atoms with E-state index in [4.69, 9.17) is 5.26 Å². The number of amides is 1. The molecule has 0 unspecified atom stereocenters. The zero-order valence-corrected chi connectivity index (χ0v) is 12.8. The predicted molar refractivity (Wildman–Crippen MR) is 82.8 cm³/mol. The third-order valence-electron chi connectivity index (χ3n) is 2.82. The quantitative estimate of drug-likeness (QED) is 0.769. The van der Waals surface area contributed by atoms with Crippen LogP contribution in [0.25, 0.3) is 10.2 Å². The number of benzene rings is 1. The molecule has 0 spiro atoms. The van der Waals surface area contributed by atoms with Crippen molar-refractivity contribution in [3.63, 3.8) is 0 Å². The lowest BCUT2D eigenvalue weighted by atomic mass is 10.3. The first-order valence-electron chi connectivity index (χ1n) is 6.37. The fourth-order valence-corrected chi connectivity index (χ4v) is 3.74. The maximum absolute atomic E-state index is 12.0. The smallest absolute Gasteiger partial charge is 0.233 e. The lowest BCUT2D eigenvalue weighted by Gasteiger charge is -2.18. The molecule has 1 aromatic heterocycles. The number of carbonyl (C=O) groups excluding carboxylic acids is 1. The number of thiazole rings is 1. The highest BCUT2D eigenvalue weighted by Crippen LogP contribution is 2.29. The summed E-state index contributed by atoms with van der Waals surface area (Å²) in [6, 6.07) is 10.0. The summed E-state index contributed by atoms with van der Waals surface area (Å²) < 4.78 is 2.05. The van der Waals surface area contributed by atoms with E-state index < -0.39 is 0 Å². The molecular weight excluding hydrogens is 290 g/mol. The number of hydrogen-bond acceptors (Lipinski definition) is 5. The van der Waals surface area contributed by atoms with Gasteiger partial charge in [0.25, 0.3) is 0 Å². The molecule has 4 nitrogen and oxygen atoms in total. The van der Waals surface area contributed by atoms with Crippen molar-refractivity contribution < 1.29 is 4.79 Å². The highest BCUT2D eigenvalue weighted by Gasteiger charge is 2.13. The standard InChI is InChI=1S/C14H15N3OS2/c1-2-17(9-5-8-15)13(18)10-19-14-16-11-6-3-4-7-12(11)20-14/h3-4,6-7H,2,5,9-10H2,1H3. The molecule has 0 saturated carbocycles. The highest BCUT2D eigenvalue weighted by atomic mass is 32.2. The molecule has 1 amide bonds. The molecule has 104 valence electrons. The third kappa shape index (κ3) is 3.71. The Morgan fingerprint density at radius 3 is 3.00 bits per heavy atom. The van der Waals surface area contributed by atoms with E-state index >= 15 is 0 Å². The molecule has 0 atom stereocenters. The Morgan fingerprint density at radius 2 is 2.30 bits per heavy atom. The van der Waals surface area contributed by atoms with E-state index in [9.17, 15) is 4.79 Å². The fourth-order valence-electron chi connectivity index (χ4n) is 1.77. The zero-order valence-electron chi connectivity index (χ0n) is 11.2. The van der Waals surface area contributed by atoms with Crippen LogP contribution in [0.5, 0.6) is 0 Å². The second kappa shape index (κ2) is 7.27. The van der Waals surface area contributed by atoms with E-state index in [2.05, 4.69) is 11.1 Å². The molecule has 1 heterocycles. The number of carbonyl (C=O) groups is 1. The van der Waals surface area contributed by atoms with Gasteiger partial charge in [0.05, 0.1) is 28.5 Å².